The van der Waals surface area contributed by atoms with Crippen molar-refractivity contribution in [1.82, 2.24) is 4.98 Å². The number of carboxylic acid groups (broad SMARTS) is 1. The maximum atomic E-state index is 10.1. The Balaban J connectivity index is 0.000000354. The zero-order valence-corrected chi connectivity index (χ0v) is 6.18. The summed E-state index contributed by atoms with van der Waals surface area (Å²) in [7, 11) is 0. The van der Waals surface area contributed by atoms with Crippen LogP contribution in [0.2, 0.25) is 0 Å². The van der Waals surface area contributed by atoms with Gasteiger partial charge in [-0.1, -0.05) is 6.07 Å². The number of nitrogens with zero attached hydrogens (tertiary/aromatic N) is 1. The summed E-state index contributed by atoms with van der Waals surface area (Å²) in [5.74, 6) is -0.990. The summed E-state index contributed by atoms with van der Waals surface area (Å²) in [6.07, 6.45) is 1.70. The smallest absolute Gasteiger partial charge is 0.354 e. The number of amides is 1. The van der Waals surface area contributed by atoms with E-state index in [9.17, 15) is 4.79 Å². The van der Waals surface area contributed by atoms with Gasteiger partial charge in [0.05, 0.1) is 0 Å². The van der Waals surface area contributed by atoms with Gasteiger partial charge in [-0.05, 0) is 12.1 Å². The molecule has 12 heavy (non-hydrogen) atoms. The summed E-state index contributed by atoms with van der Waals surface area (Å²) in [5, 5.41) is 8.32. The minimum atomic E-state index is -0.990. The minimum Gasteiger partial charge on any atom is -0.477 e. The Labute approximate surface area is 68.8 Å². The fourth-order valence-corrected chi connectivity index (χ4v) is 0.489. The lowest BCUT2D eigenvalue weighted by atomic mass is 10.4. The SMILES string of the molecule is NC=O.O=C(O)c1ccccn1. The van der Waals surface area contributed by atoms with Gasteiger partial charge in [0.1, 0.15) is 5.69 Å². The number of aromatic carboxylic acids is 1. The van der Waals surface area contributed by atoms with Gasteiger partial charge in [-0.15, -0.1) is 0 Å². The van der Waals surface area contributed by atoms with Crippen LogP contribution in [0, 0.1) is 0 Å². The van der Waals surface area contributed by atoms with Crippen LogP contribution >= 0.6 is 0 Å². The van der Waals surface area contributed by atoms with Crippen molar-refractivity contribution in [3.63, 3.8) is 0 Å². The number of carboxylic acids is 1. The standard InChI is InChI=1S/C6H5NO2.CH3NO/c8-6(9)5-3-1-2-4-7-5;2-1-3/h1-4H,(H,8,9);1H,(H2,2,3). The molecule has 0 bridgehead atoms. The molecule has 0 saturated carbocycles. The van der Waals surface area contributed by atoms with Crippen LogP contribution < -0.4 is 5.73 Å². The van der Waals surface area contributed by atoms with Crippen LogP contribution in [-0.2, 0) is 4.79 Å². The number of pyridine rings is 1. The number of aromatic nitrogens is 1. The average Bonchev–Trinajstić information content (AvgIpc) is 2.07. The molecule has 5 nitrogen and oxygen atoms in total. The van der Waals surface area contributed by atoms with Crippen molar-refractivity contribution in [3.05, 3.63) is 30.1 Å². The first-order chi connectivity index (χ1) is 5.72. The second-order valence-corrected chi connectivity index (χ2v) is 1.66. The number of hydrogen-bond acceptors (Lipinski definition) is 3. The predicted molar refractivity (Wildman–Crippen MR) is 41.4 cm³/mol. The summed E-state index contributed by atoms with van der Waals surface area (Å²) in [5.41, 5.74) is 4.25. The highest BCUT2D eigenvalue weighted by atomic mass is 16.4. The van der Waals surface area contributed by atoms with Crippen LogP contribution in [-0.4, -0.2) is 22.5 Å². The number of rotatable bonds is 1. The fraction of sp³-hybridized carbons (Fsp3) is 0. The van der Waals surface area contributed by atoms with E-state index in [0.717, 1.165) is 0 Å². The second-order valence-electron chi connectivity index (χ2n) is 1.66. The van der Waals surface area contributed by atoms with Gasteiger partial charge in [0.2, 0.25) is 6.41 Å². The highest BCUT2D eigenvalue weighted by Crippen LogP contribution is 1.90. The highest BCUT2D eigenvalue weighted by Gasteiger charge is 1.98. The molecule has 1 aromatic rings. The van der Waals surface area contributed by atoms with Crippen LogP contribution in [0.5, 0.6) is 0 Å². The lowest BCUT2D eigenvalue weighted by molar-refractivity contribution is -0.106. The van der Waals surface area contributed by atoms with Gasteiger partial charge in [-0.2, -0.15) is 0 Å². The van der Waals surface area contributed by atoms with Crippen molar-refractivity contribution in [2.75, 3.05) is 0 Å². The quantitative estimate of drug-likeness (QED) is 0.571. The molecular weight excluding hydrogens is 160 g/mol. The molecule has 64 valence electrons. The monoisotopic (exact) mass is 168 g/mol. The van der Waals surface area contributed by atoms with Crippen molar-refractivity contribution in [1.29, 1.82) is 0 Å². The van der Waals surface area contributed by atoms with Gasteiger partial charge in [0.15, 0.2) is 0 Å². The van der Waals surface area contributed by atoms with Crippen molar-refractivity contribution in [3.8, 4) is 0 Å². The third-order valence-electron chi connectivity index (χ3n) is 0.884. The summed E-state index contributed by atoms with van der Waals surface area (Å²) < 4.78 is 0. The van der Waals surface area contributed by atoms with Crippen LogP contribution in [0.1, 0.15) is 10.5 Å². The van der Waals surface area contributed by atoms with E-state index in [1.165, 1.54) is 12.3 Å². The van der Waals surface area contributed by atoms with E-state index in [1.807, 2.05) is 0 Å². The molecule has 0 spiro atoms. The summed E-state index contributed by atoms with van der Waals surface area (Å²) in [6.45, 7) is 0. The van der Waals surface area contributed by atoms with Crippen LogP contribution in [0.15, 0.2) is 24.4 Å². The second kappa shape index (κ2) is 5.84. The van der Waals surface area contributed by atoms with Crippen molar-refractivity contribution in [2.45, 2.75) is 0 Å². The molecule has 1 aromatic heterocycles. The normalized spacial score (nSPS) is 7.67. The Bertz CT molecular complexity index is 248. The van der Waals surface area contributed by atoms with Gasteiger partial charge in [-0.3, -0.25) is 4.79 Å². The number of carbonyl (C=O) groups is 2. The van der Waals surface area contributed by atoms with Gasteiger partial charge >= 0.3 is 5.97 Å². The van der Waals surface area contributed by atoms with Crippen LogP contribution in [0.3, 0.4) is 0 Å². The van der Waals surface area contributed by atoms with Crippen LogP contribution in [0.25, 0.3) is 0 Å². The zero-order valence-electron chi connectivity index (χ0n) is 6.18. The molecule has 1 rings (SSSR count). The summed E-state index contributed by atoms with van der Waals surface area (Å²) in [4.78, 5) is 22.3. The first-order valence-electron chi connectivity index (χ1n) is 3.02. The molecule has 0 aromatic carbocycles. The van der Waals surface area contributed by atoms with E-state index >= 15 is 0 Å². The molecule has 0 atom stereocenters. The molecule has 0 aliphatic carbocycles. The Kier molecular flexibility index (Phi) is 4.91. The molecule has 0 aliphatic rings. The Morgan fingerprint density at radius 2 is 2.17 bits per heavy atom. The topological polar surface area (TPSA) is 93.3 Å². The molecule has 0 saturated heterocycles. The molecule has 1 amide bonds. The molecule has 0 unspecified atom stereocenters. The summed E-state index contributed by atoms with van der Waals surface area (Å²) in [6, 6.07) is 4.76. The number of carbonyl (C=O) groups excluding carboxylic acids is 1. The average molecular weight is 168 g/mol. The van der Waals surface area contributed by atoms with E-state index in [4.69, 9.17) is 9.90 Å². The zero-order chi connectivity index (χ0) is 9.40. The molecule has 1 heterocycles. The lowest BCUT2D eigenvalue weighted by Crippen LogP contribution is -1.97. The number of nitrogens with two attached hydrogens (primary N) is 1. The first kappa shape index (κ1) is 10.1. The minimum absolute atomic E-state index is 0.0810. The van der Waals surface area contributed by atoms with E-state index in [2.05, 4.69) is 10.7 Å². The molecule has 0 aliphatic heterocycles. The number of primary amides is 1. The molecule has 3 N–H and O–H groups in total. The third-order valence-corrected chi connectivity index (χ3v) is 0.884. The van der Waals surface area contributed by atoms with Gasteiger partial charge in [-0.25, -0.2) is 9.78 Å². The van der Waals surface area contributed by atoms with Crippen LogP contribution in [0.4, 0.5) is 0 Å². The van der Waals surface area contributed by atoms with Crippen molar-refractivity contribution < 1.29 is 14.7 Å². The Hall–Kier alpha value is -1.91. The Morgan fingerprint density at radius 3 is 2.42 bits per heavy atom. The summed E-state index contributed by atoms with van der Waals surface area (Å²) >= 11 is 0. The van der Waals surface area contributed by atoms with Gasteiger partial charge < -0.3 is 10.8 Å². The highest BCUT2D eigenvalue weighted by molar-refractivity contribution is 5.85. The fourth-order valence-electron chi connectivity index (χ4n) is 0.489. The molecule has 0 radical (unpaired) electrons. The van der Waals surface area contributed by atoms with Crippen molar-refractivity contribution >= 4 is 12.4 Å². The number of hydrogen-bond donors (Lipinski definition) is 2. The maximum absolute atomic E-state index is 10.1. The van der Waals surface area contributed by atoms with E-state index in [1.54, 1.807) is 12.1 Å². The molecular formula is C7H8N2O3. The Morgan fingerprint density at radius 1 is 1.58 bits per heavy atom. The lowest BCUT2D eigenvalue weighted by Gasteiger charge is -1.87. The van der Waals surface area contributed by atoms with E-state index < -0.39 is 5.97 Å². The third kappa shape index (κ3) is 3.99. The largest absolute Gasteiger partial charge is 0.477 e. The molecule has 5 heteroatoms. The first-order valence-corrected chi connectivity index (χ1v) is 3.02. The predicted octanol–water partition coefficient (Wildman–Crippen LogP) is -0.119. The molecule has 0 fully saturated rings. The maximum Gasteiger partial charge on any atom is 0.354 e. The van der Waals surface area contributed by atoms with Gasteiger partial charge in [0, 0.05) is 6.20 Å². The van der Waals surface area contributed by atoms with Gasteiger partial charge in [0.25, 0.3) is 0 Å². The van der Waals surface area contributed by atoms with Crippen molar-refractivity contribution in [2.24, 2.45) is 5.73 Å². The van der Waals surface area contributed by atoms with E-state index in [-0.39, 0.29) is 12.1 Å². The van der Waals surface area contributed by atoms with E-state index in [0.29, 0.717) is 0 Å².